The third-order valence-corrected chi connectivity index (χ3v) is 5.52. The number of benzene rings is 2. The Morgan fingerprint density at radius 3 is 2.31 bits per heavy atom. The Kier molecular flexibility index (Phi) is 3.91. The summed E-state index contributed by atoms with van der Waals surface area (Å²) in [5.41, 5.74) is 2.46. The standard InChI is InChI=1S/C22H22N4/c1-3-7-16(8-4-1)13-26-14-18-19(15-26)21(18)24-20-11-12-23-22(25-20)17-9-5-2-6-10-17/h1-12,18-19,21H,13-15H2,(H,23,24,25)/t18-,19+,21?. The predicted molar refractivity (Wildman–Crippen MR) is 104 cm³/mol. The summed E-state index contributed by atoms with van der Waals surface area (Å²) >= 11 is 0. The molecule has 1 N–H and O–H groups in total. The monoisotopic (exact) mass is 342 g/mol. The van der Waals surface area contributed by atoms with E-state index in [1.54, 1.807) is 0 Å². The molecule has 1 unspecified atom stereocenters. The summed E-state index contributed by atoms with van der Waals surface area (Å²) < 4.78 is 0. The summed E-state index contributed by atoms with van der Waals surface area (Å²) in [5, 5.41) is 3.63. The molecule has 0 radical (unpaired) electrons. The average Bonchev–Trinajstić information content (AvgIpc) is 3.13. The molecule has 1 aliphatic carbocycles. The number of nitrogens with one attached hydrogen (secondary N) is 1. The van der Waals surface area contributed by atoms with Gasteiger partial charge in [0.05, 0.1) is 0 Å². The van der Waals surface area contributed by atoms with E-state index in [4.69, 9.17) is 4.98 Å². The highest BCUT2D eigenvalue weighted by Gasteiger charge is 2.55. The summed E-state index contributed by atoms with van der Waals surface area (Å²) in [7, 11) is 0. The first-order valence-corrected chi connectivity index (χ1v) is 9.28. The summed E-state index contributed by atoms with van der Waals surface area (Å²) in [4.78, 5) is 11.7. The number of hydrogen-bond donors (Lipinski definition) is 1. The van der Waals surface area contributed by atoms with Crippen molar-refractivity contribution in [1.29, 1.82) is 0 Å². The van der Waals surface area contributed by atoms with Crippen molar-refractivity contribution in [2.24, 2.45) is 11.8 Å². The maximum Gasteiger partial charge on any atom is 0.161 e. The molecule has 2 heterocycles. The van der Waals surface area contributed by atoms with Crippen LogP contribution in [-0.4, -0.2) is 34.0 Å². The van der Waals surface area contributed by atoms with Gasteiger partial charge >= 0.3 is 0 Å². The van der Waals surface area contributed by atoms with Gasteiger partial charge in [-0.3, -0.25) is 4.90 Å². The Balaban J connectivity index is 1.20. The highest BCUT2D eigenvalue weighted by Crippen LogP contribution is 2.47. The van der Waals surface area contributed by atoms with Crippen molar-refractivity contribution in [2.45, 2.75) is 12.6 Å². The van der Waals surface area contributed by atoms with Crippen LogP contribution in [0, 0.1) is 11.8 Å². The van der Waals surface area contributed by atoms with Crippen molar-refractivity contribution in [3.05, 3.63) is 78.5 Å². The van der Waals surface area contributed by atoms with Gasteiger partial charge in [0.2, 0.25) is 0 Å². The van der Waals surface area contributed by atoms with Crippen molar-refractivity contribution >= 4 is 5.82 Å². The third kappa shape index (κ3) is 3.08. The minimum absolute atomic E-state index is 0.556. The maximum atomic E-state index is 4.70. The number of rotatable bonds is 5. The second-order valence-corrected chi connectivity index (χ2v) is 7.31. The van der Waals surface area contributed by atoms with E-state index in [9.17, 15) is 0 Å². The van der Waals surface area contributed by atoms with Crippen LogP contribution < -0.4 is 5.32 Å². The number of piperidine rings is 1. The van der Waals surface area contributed by atoms with Gasteiger partial charge in [-0.2, -0.15) is 0 Å². The molecule has 130 valence electrons. The van der Waals surface area contributed by atoms with Gasteiger partial charge in [-0.1, -0.05) is 60.7 Å². The summed E-state index contributed by atoms with van der Waals surface area (Å²) in [6, 6.07) is 23.4. The first kappa shape index (κ1) is 15.5. The molecule has 1 saturated carbocycles. The lowest BCUT2D eigenvalue weighted by atomic mass is 10.2. The number of fused-ring (bicyclic) bond motifs is 1. The summed E-state index contributed by atoms with van der Waals surface area (Å²) in [6.07, 6.45) is 1.84. The second kappa shape index (κ2) is 6.54. The number of likely N-dealkylation sites (tertiary alicyclic amines) is 1. The molecule has 1 aromatic heterocycles. The molecular weight excluding hydrogens is 320 g/mol. The van der Waals surface area contributed by atoms with Gasteiger partial charge in [0.25, 0.3) is 0 Å². The molecule has 1 aliphatic heterocycles. The number of nitrogens with zero attached hydrogens (tertiary/aromatic N) is 3. The zero-order chi connectivity index (χ0) is 17.3. The van der Waals surface area contributed by atoms with Gasteiger partial charge in [-0.15, -0.1) is 0 Å². The first-order chi connectivity index (χ1) is 12.9. The second-order valence-electron chi connectivity index (χ2n) is 7.31. The molecule has 26 heavy (non-hydrogen) atoms. The van der Waals surface area contributed by atoms with Gasteiger partial charge in [-0.05, 0) is 23.5 Å². The topological polar surface area (TPSA) is 41.0 Å². The minimum atomic E-state index is 0.556. The quantitative estimate of drug-likeness (QED) is 0.768. The number of hydrogen-bond acceptors (Lipinski definition) is 4. The Morgan fingerprint density at radius 1 is 0.885 bits per heavy atom. The molecule has 4 heteroatoms. The molecule has 0 bridgehead atoms. The Hall–Kier alpha value is -2.72. The third-order valence-electron chi connectivity index (χ3n) is 5.52. The number of aromatic nitrogens is 2. The summed E-state index contributed by atoms with van der Waals surface area (Å²) in [5.74, 6) is 3.21. The van der Waals surface area contributed by atoms with E-state index in [-0.39, 0.29) is 0 Å². The minimum Gasteiger partial charge on any atom is -0.367 e. The van der Waals surface area contributed by atoms with Crippen LogP contribution in [0.2, 0.25) is 0 Å². The fourth-order valence-corrected chi connectivity index (χ4v) is 4.13. The molecule has 4 nitrogen and oxygen atoms in total. The lowest BCUT2D eigenvalue weighted by Crippen LogP contribution is -2.27. The first-order valence-electron chi connectivity index (χ1n) is 9.28. The van der Waals surface area contributed by atoms with E-state index in [2.05, 4.69) is 45.5 Å². The SMILES string of the molecule is c1ccc(CN2C[C@@H]3C(Nc4ccnc(-c5ccccc5)n4)[C@@H]3C2)cc1. The summed E-state index contributed by atoms with van der Waals surface area (Å²) in [6.45, 7) is 3.41. The van der Waals surface area contributed by atoms with Gasteiger partial charge in [0.15, 0.2) is 5.82 Å². The van der Waals surface area contributed by atoms with Gasteiger partial charge in [0, 0.05) is 37.4 Å². The zero-order valence-electron chi connectivity index (χ0n) is 14.6. The molecular formula is C22H22N4. The Labute approximate surface area is 153 Å². The molecule has 0 spiro atoms. The van der Waals surface area contributed by atoms with Crippen LogP contribution in [0.3, 0.4) is 0 Å². The molecule has 2 aliphatic rings. The lowest BCUT2D eigenvalue weighted by molar-refractivity contribution is 0.292. The predicted octanol–water partition coefficient (Wildman–Crippen LogP) is 3.69. The molecule has 2 fully saturated rings. The zero-order valence-corrected chi connectivity index (χ0v) is 14.6. The van der Waals surface area contributed by atoms with Crippen molar-refractivity contribution in [3.8, 4) is 11.4 Å². The highest BCUT2D eigenvalue weighted by atomic mass is 15.2. The van der Waals surface area contributed by atoms with Gasteiger partial charge in [0.1, 0.15) is 5.82 Å². The van der Waals surface area contributed by atoms with Crippen LogP contribution in [-0.2, 0) is 6.54 Å². The van der Waals surface area contributed by atoms with Crippen LogP contribution in [0.5, 0.6) is 0 Å². The molecule has 3 aromatic rings. The van der Waals surface area contributed by atoms with E-state index in [0.717, 1.165) is 35.6 Å². The lowest BCUT2D eigenvalue weighted by Gasteiger charge is -2.20. The van der Waals surface area contributed by atoms with Crippen LogP contribution in [0.1, 0.15) is 5.56 Å². The molecule has 1 saturated heterocycles. The maximum absolute atomic E-state index is 4.70. The Morgan fingerprint density at radius 2 is 1.58 bits per heavy atom. The molecule has 0 amide bonds. The van der Waals surface area contributed by atoms with Crippen molar-refractivity contribution in [1.82, 2.24) is 14.9 Å². The van der Waals surface area contributed by atoms with Gasteiger partial charge < -0.3 is 5.32 Å². The van der Waals surface area contributed by atoms with Gasteiger partial charge in [-0.25, -0.2) is 9.97 Å². The van der Waals surface area contributed by atoms with E-state index >= 15 is 0 Å². The average molecular weight is 342 g/mol. The van der Waals surface area contributed by atoms with Crippen molar-refractivity contribution < 1.29 is 0 Å². The van der Waals surface area contributed by atoms with Crippen LogP contribution >= 0.6 is 0 Å². The fourth-order valence-electron chi connectivity index (χ4n) is 4.13. The van der Waals surface area contributed by atoms with Crippen LogP contribution in [0.25, 0.3) is 11.4 Å². The Bertz CT molecular complexity index is 869. The largest absolute Gasteiger partial charge is 0.367 e. The fraction of sp³-hybridized carbons (Fsp3) is 0.273. The van der Waals surface area contributed by atoms with Crippen molar-refractivity contribution in [2.75, 3.05) is 18.4 Å². The van der Waals surface area contributed by atoms with E-state index in [1.807, 2.05) is 42.6 Å². The molecule has 3 atom stereocenters. The molecule has 2 aromatic carbocycles. The highest BCUT2D eigenvalue weighted by molar-refractivity contribution is 5.56. The van der Waals surface area contributed by atoms with E-state index in [1.165, 1.54) is 18.7 Å². The number of anilines is 1. The van der Waals surface area contributed by atoms with Crippen molar-refractivity contribution in [3.63, 3.8) is 0 Å². The normalized spacial score (nSPS) is 24.2. The van der Waals surface area contributed by atoms with Crippen LogP contribution in [0.15, 0.2) is 72.9 Å². The van der Waals surface area contributed by atoms with E-state index in [0.29, 0.717) is 6.04 Å². The molecule has 5 rings (SSSR count). The van der Waals surface area contributed by atoms with E-state index < -0.39 is 0 Å². The van der Waals surface area contributed by atoms with Crippen LogP contribution in [0.4, 0.5) is 5.82 Å². The smallest absolute Gasteiger partial charge is 0.161 e.